The van der Waals surface area contributed by atoms with Crippen molar-refractivity contribution in [1.29, 1.82) is 0 Å². The average molecular weight is 274 g/mol. The Balaban J connectivity index is 2.71. The SMILES string of the molecule is CCC(=COc1cccc(OC=C(CC)CC)c1)CC. The van der Waals surface area contributed by atoms with Gasteiger partial charge in [0, 0.05) is 6.07 Å². The van der Waals surface area contributed by atoms with Crippen molar-refractivity contribution in [3.63, 3.8) is 0 Å². The van der Waals surface area contributed by atoms with Crippen molar-refractivity contribution >= 4 is 0 Å². The van der Waals surface area contributed by atoms with E-state index in [-0.39, 0.29) is 0 Å². The molecule has 0 unspecified atom stereocenters. The Morgan fingerprint density at radius 2 is 1.20 bits per heavy atom. The van der Waals surface area contributed by atoms with Gasteiger partial charge in [-0.25, -0.2) is 0 Å². The second kappa shape index (κ2) is 9.24. The molecule has 2 nitrogen and oxygen atoms in total. The van der Waals surface area contributed by atoms with Gasteiger partial charge < -0.3 is 9.47 Å². The topological polar surface area (TPSA) is 18.5 Å². The molecule has 1 aromatic carbocycles. The van der Waals surface area contributed by atoms with Gasteiger partial charge in [-0.15, -0.1) is 0 Å². The van der Waals surface area contributed by atoms with Gasteiger partial charge in [-0.2, -0.15) is 0 Å². The van der Waals surface area contributed by atoms with Gasteiger partial charge in [0.1, 0.15) is 11.5 Å². The fourth-order valence-corrected chi connectivity index (χ4v) is 1.76. The van der Waals surface area contributed by atoms with Crippen LogP contribution in [0.15, 0.2) is 47.9 Å². The van der Waals surface area contributed by atoms with E-state index in [4.69, 9.17) is 9.47 Å². The van der Waals surface area contributed by atoms with Crippen LogP contribution in [0, 0.1) is 0 Å². The highest BCUT2D eigenvalue weighted by molar-refractivity contribution is 5.34. The van der Waals surface area contributed by atoms with E-state index in [9.17, 15) is 0 Å². The van der Waals surface area contributed by atoms with E-state index in [1.807, 2.05) is 36.8 Å². The van der Waals surface area contributed by atoms with Crippen LogP contribution < -0.4 is 9.47 Å². The predicted octanol–water partition coefficient (Wildman–Crippen LogP) is 5.85. The van der Waals surface area contributed by atoms with Crippen molar-refractivity contribution in [1.82, 2.24) is 0 Å². The first-order chi connectivity index (χ1) is 9.73. The molecule has 1 aromatic rings. The van der Waals surface area contributed by atoms with Crippen molar-refractivity contribution in [3.8, 4) is 11.5 Å². The minimum atomic E-state index is 0.810. The van der Waals surface area contributed by atoms with Crippen LogP contribution in [0.3, 0.4) is 0 Å². The van der Waals surface area contributed by atoms with Crippen molar-refractivity contribution in [2.75, 3.05) is 0 Å². The number of allylic oxidation sites excluding steroid dienone is 2. The quantitative estimate of drug-likeness (QED) is 0.553. The van der Waals surface area contributed by atoms with Crippen molar-refractivity contribution < 1.29 is 9.47 Å². The summed E-state index contributed by atoms with van der Waals surface area (Å²) < 4.78 is 11.4. The van der Waals surface area contributed by atoms with Gasteiger partial charge in [0.05, 0.1) is 12.5 Å². The maximum atomic E-state index is 5.69. The molecule has 0 fully saturated rings. The second-order valence-electron chi connectivity index (χ2n) is 4.68. The highest BCUT2D eigenvalue weighted by Gasteiger charge is 1.98. The summed E-state index contributed by atoms with van der Waals surface area (Å²) in [5.74, 6) is 1.62. The van der Waals surface area contributed by atoms with Gasteiger partial charge in [-0.3, -0.25) is 0 Å². The number of hydrogen-bond donors (Lipinski definition) is 0. The van der Waals surface area contributed by atoms with Gasteiger partial charge in [0.2, 0.25) is 0 Å². The Bertz CT molecular complexity index is 407. The lowest BCUT2D eigenvalue weighted by Gasteiger charge is -2.07. The Kier molecular flexibility index (Phi) is 7.56. The summed E-state index contributed by atoms with van der Waals surface area (Å²) in [6.45, 7) is 8.56. The van der Waals surface area contributed by atoms with E-state index in [2.05, 4.69) is 27.7 Å². The van der Waals surface area contributed by atoms with Crippen LogP contribution >= 0.6 is 0 Å². The van der Waals surface area contributed by atoms with Crippen LogP contribution in [0.4, 0.5) is 0 Å². The van der Waals surface area contributed by atoms with Gasteiger partial charge >= 0.3 is 0 Å². The lowest BCUT2D eigenvalue weighted by Crippen LogP contribution is -1.90. The highest BCUT2D eigenvalue weighted by atomic mass is 16.5. The first kappa shape index (κ1) is 16.4. The number of ether oxygens (including phenoxy) is 2. The Labute approximate surface area is 123 Å². The fraction of sp³-hybridized carbons (Fsp3) is 0.444. The fourth-order valence-electron chi connectivity index (χ4n) is 1.76. The smallest absolute Gasteiger partial charge is 0.130 e. The zero-order valence-electron chi connectivity index (χ0n) is 13.1. The van der Waals surface area contributed by atoms with Crippen molar-refractivity contribution in [3.05, 3.63) is 47.9 Å². The average Bonchev–Trinajstić information content (AvgIpc) is 2.50. The largest absolute Gasteiger partial charge is 0.465 e. The molecule has 1 rings (SSSR count). The molecule has 0 heterocycles. The summed E-state index contributed by atoms with van der Waals surface area (Å²) >= 11 is 0. The molecule has 0 aliphatic heterocycles. The molecule has 0 aliphatic carbocycles. The predicted molar refractivity (Wildman–Crippen MR) is 85.0 cm³/mol. The van der Waals surface area contributed by atoms with Crippen LogP contribution in [-0.2, 0) is 0 Å². The van der Waals surface area contributed by atoms with Crippen LogP contribution in [0.25, 0.3) is 0 Å². The molecule has 0 spiro atoms. The van der Waals surface area contributed by atoms with Crippen LogP contribution in [0.5, 0.6) is 11.5 Å². The molecule has 0 radical (unpaired) electrons. The third-order valence-electron chi connectivity index (χ3n) is 3.35. The van der Waals surface area contributed by atoms with E-state index >= 15 is 0 Å². The molecule has 0 N–H and O–H groups in total. The first-order valence-electron chi connectivity index (χ1n) is 7.52. The molecule has 0 saturated carbocycles. The molecule has 110 valence electrons. The Morgan fingerprint density at radius 3 is 1.55 bits per heavy atom. The number of hydrogen-bond acceptors (Lipinski definition) is 2. The zero-order valence-corrected chi connectivity index (χ0v) is 13.1. The van der Waals surface area contributed by atoms with Gasteiger partial charge in [-0.1, -0.05) is 33.8 Å². The first-order valence-corrected chi connectivity index (χ1v) is 7.52. The summed E-state index contributed by atoms with van der Waals surface area (Å²) in [5.41, 5.74) is 2.60. The Hall–Kier alpha value is -1.70. The van der Waals surface area contributed by atoms with E-state index in [1.54, 1.807) is 0 Å². The highest BCUT2D eigenvalue weighted by Crippen LogP contribution is 2.21. The van der Waals surface area contributed by atoms with Gasteiger partial charge in [0.15, 0.2) is 0 Å². The van der Waals surface area contributed by atoms with Gasteiger partial charge in [-0.05, 0) is 49.0 Å². The lowest BCUT2D eigenvalue weighted by atomic mass is 10.2. The second-order valence-corrected chi connectivity index (χ2v) is 4.68. The standard InChI is InChI=1S/C18H26O2/c1-5-15(6-2)13-19-17-10-9-11-18(12-17)20-14-16(7-3)8-4/h9-14H,5-8H2,1-4H3. The molecular weight excluding hydrogens is 248 g/mol. The summed E-state index contributed by atoms with van der Waals surface area (Å²) in [4.78, 5) is 0. The van der Waals surface area contributed by atoms with Crippen LogP contribution in [-0.4, -0.2) is 0 Å². The maximum absolute atomic E-state index is 5.69. The summed E-state index contributed by atoms with van der Waals surface area (Å²) in [7, 11) is 0. The van der Waals surface area contributed by atoms with Crippen molar-refractivity contribution in [2.45, 2.75) is 53.4 Å². The summed E-state index contributed by atoms with van der Waals surface area (Å²) in [6, 6.07) is 7.74. The van der Waals surface area contributed by atoms with E-state index in [1.165, 1.54) is 11.1 Å². The minimum Gasteiger partial charge on any atom is -0.465 e. The molecule has 0 aliphatic rings. The molecule has 0 aromatic heterocycles. The maximum Gasteiger partial charge on any atom is 0.130 e. The van der Waals surface area contributed by atoms with E-state index in [0.29, 0.717) is 0 Å². The third kappa shape index (κ3) is 5.52. The van der Waals surface area contributed by atoms with Gasteiger partial charge in [0.25, 0.3) is 0 Å². The zero-order chi connectivity index (χ0) is 14.8. The minimum absolute atomic E-state index is 0.810. The summed E-state index contributed by atoms with van der Waals surface area (Å²) in [6.07, 6.45) is 7.77. The van der Waals surface area contributed by atoms with E-state index in [0.717, 1.165) is 37.2 Å². The van der Waals surface area contributed by atoms with E-state index < -0.39 is 0 Å². The number of rotatable bonds is 8. The molecule has 0 saturated heterocycles. The number of benzene rings is 1. The Morgan fingerprint density at radius 1 is 0.800 bits per heavy atom. The van der Waals surface area contributed by atoms with Crippen LogP contribution in [0.1, 0.15) is 53.4 Å². The molecular formula is C18H26O2. The van der Waals surface area contributed by atoms with Crippen molar-refractivity contribution in [2.24, 2.45) is 0 Å². The van der Waals surface area contributed by atoms with Crippen LogP contribution in [0.2, 0.25) is 0 Å². The molecule has 0 amide bonds. The molecule has 0 bridgehead atoms. The summed E-state index contributed by atoms with van der Waals surface area (Å²) in [5, 5.41) is 0. The molecule has 0 atom stereocenters. The third-order valence-corrected chi connectivity index (χ3v) is 3.35. The lowest BCUT2D eigenvalue weighted by molar-refractivity contribution is 0.449. The normalized spacial score (nSPS) is 9.80. The monoisotopic (exact) mass is 274 g/mol. The molecule has 20 heavy (non-hydrogen) atoms. The molecule has 2 heteroatoms.